The van der Waals surface area contributed by atoms with E-state index < -0.39 is 6.10 Å². The summed E-state index contributed by atoms with van der Waals surface area (Å²) in [6.07, 6.45) is 0.238. The molecular formula is C12H16O3. The van der Waals surface area contributed by atoms with Crippen LogP contribution in [-0.2, 0) is 0 Å². The second-order valence-corrected chi connectivity index (χ2v) is 3.78. The predicted octanol–water partition coefficient (Wildman–Crippen LogP) is 1.89. The molecule has 0 radical (unpaired) electrons. The summed E-state index contributed by atoms with van der Waals surface area (Å²) in [5.41, 5.74) is 0.508. The number of hydrogen-bond donors (Lipinski definition) is 1. The molecule has 0 bridgehead atoms. The van der Waals surface area contributed by atoms with E-state index in [9.17, 15) is 9.90 Å². The van der Waals surface area contributed by atoms with Gasteiger partial charge in [0.15, 0.2) is 6.29 Å². The van der Waals surface area contributed by atoms with Crippen molar-refractivity contribution in [1.82, 2.24) is 0 Å². The normalized spacial score (nSPS) is 12.5. The molecule has 1 rings (SSSR count). The third kappa shape index (κ3) is 3.36. The number of rotatable bonds is 5. The van der Waals surface area contributed by atoms with E-state index in [1.807, 2.05) is 13.8 Å². The first-order valence-electron chi connectivity index (χ1n) is 5.00. The van der Waals surface area contributed by atoms with Crippen molar-refractivity contribution in [3.05, 3.63) is 29.8 Å². The Morgan fingerprint density at radius 2 is 2.07 bits per heavy atom. The molecule has 3 heteroatoms. The third-order valence-electron chi connectivity index (χ3n) is 2.23. The van der Waals surface area contributed by atoms with Crippen LogP contribution in [0.15, 0.2) is 24.3 Å². The molecule has 1 atom stereocenters. The minimum atomic E-state index is -0.510. The summed E-state index contributed by atoms with van der Waals surface area (Å²) in [6.45, 7) is 4.04. The van der Waals surface area contributed by atoms with Gasteiger partial charge in [0, 0.05) is 0 Å². The second kappa shape index (κ2) is 5.51. The molecule has 0 aromatic heterocycles. The summed E-state index contributed by atoms with van der Waals surface area (Å²) in [7, 11) is 0. The molecule has 1 N–H and O–H groups in total. The van der Waals surface area contributed by atoms with Gasteiger partial charge in [-0.05, 0) is 18.1 Å². The molecule has 0 saturated carbocycles. The minimum Gasteiger partial charge on any atom is -0.490 e. The molecule has 0 amide bonds. The lowest BCUT2D eigenvalue weighted by Crippen LogP contribution is -2.23. The maximum Gasteiger partial charge on any atom is 0.153 e. The molecule has 0 heterocycles. The average molecular weight is 208 g/mol. The highest BCUT2D eigenvalue weighted by Gasteiger charge is 2.10. The van der Waals surface area contributed by atoms with Crippen LogP contribution in [0.4, 0.5) is 0 Å². The van der Waals surface area contributed by atoms with Gasteiger partial charge in [0.05, 0.1) is 11.7 Å². The summed E-state index contributed by atoms with van der Waals surface area (Å²) < 4.78 is 5.37. The highest BCUT2D eigenvalue weighted by atomic mass is 16.5. The Bertz CT molecular complexity index is 320. The summed E-state index contributed by atoms with van der Waals surface area (Å²) in [5, 5.41) is 9.54. The molecule has 1 aromatic rings. The highest BCUT2D eigenvalue weighted by molar-refractivity contribution is 5.79. The van der Waals surface area contributed by atoms with Gasteiger partial charge in [-0.15, -0.1) is 0 Å². The zero-order valence-corrected chi connectivity index (χ0v) is 9.01. The fourth-order valence-electron chi connectivity index (χ4n) is 1.08. The first-order chi connectivity index (χ1) is 7.15. The molecule has 3 nitrogen and oxygen atoms in total. The van der Waals surface area contributed by atoms with E-state index in [0.717, 1.165) is 6.29 Å². The van der Waals surface area contributed by atoms with E-state index in [2.05, 4.69) is 0 Å². The van der Waals surface area contributed by atoms with Gasteiger partial charge in [-0.25, -0.2) is 0 Å². The summed E-state index contributed by atoms with van der Waals surface area (Å²) in [4.78, 5) is 10.7. The summed E-state index contributed by atoms with van der Waals surface area (Å²) in [5.74, 6) is 0.667. The largest absolute Gasteiger partial charge is 0.490 e. The van der Waals surface area contributed by atoms with Crippen molar-refractivity contribution in [2.75, 3.05) is 6.61 Å². The van der Waals surface area contributed by atoms with Crippen LogP contribution in [-0.4, -0.2) is 24.1 Å². The van der Waals surface area contributed by atoms with Crippen LogP contribution < -0.4 is 4.74 Å². The van der Waals surface area contributed by atoms with E-state index in [0.29, 0.717) is 11.3 Å². The van der Waals surface area contributed by atoms with Crippen molar-refractivity contribution in [1.29, 1.82) is 0 Å². The summed E-state index contributed by atoms with van der Waals surface area (Å²) >= 11 is 0. The number of hydrogen-bond acceptors (Lipinski definition) is 3. The molecule has 82 valence electrons. The highest BCUT2D eigenvalue weighted by Crippen LogP contribution is 2.16. The molecule has 0 aliphatic rings. The molecule has 0 spiro atoms. The zero-order chi connectivity index (χ0) is 11.3. The topological polar surface area (TPSA) is 46.5 Å². The predicted molar refractivity (Wildman–Crippen MR) is 58.2 cm³/mol. The Labute approximate surface area is 89.7 Å². The molecular weight excluding hydrogens is 192 g/mol. The number of aliphatic hydroxyl groups excluding tert-OH is 1. The number of carbonyl (C=O) groups is 1. The maximum absolute atomic E-state index is 10.7. The first kappa shape index (κ1) is 11.7. The minimum absolute atomic E-state index is 0.147. The van der Waals surface area contributed by atoms with Gasteiger partial charge < -0.3 is 9.84 Å². The van der Waals surface area contributed by atoms with Crippen LogP contribution in [0.2, 0.25) is 0 Å². The number of carbonyl (C=O) groups excluding carboxylic acids is 1. The van der Waals surface area contributed by atoms with Gasteiger partial charge in [0.2, 0.25) is 0 Å². The van der Waals surface area contributed by atoms with Gasteiger partial charge in [-0.3, -0.25) is 4.79 Å². The lowest BCUT2D eigenvalue weighted by Gasteiger charge is -2.15. The lowest BCUT2D eigenvalue weighted by atomic mass is 10.1. The standard InChI is InChI=1S/C12H16O3/c1-9(2)11(14)8-15-12-6-4-3-5-10(12)7-13/h3-7,9,11,14H,8H2,1-2H3/t11-/m1/s1. The van der Waals surface area contributed by atoms with Crippen LogP contribution in [0.3, 0.4) is 0 Å². The van der Waals surface area contributed by atoms with E-state index in [4.69, 9.17) is 4.74 Å². The van der Waals surface area contributed by atoms with Crippen molar-refractivity contribution in [2.24, 2.45) is 5.92 Å². The van der Waals surface area contributed by atoms with Crippen molar-refractivity contribution in [3.8, 4) is 5.75 Å². The Morgan fingerprint density at radius 3 is 2.67 bits per heavy atom. The van der Waals surface area contributed by atoms with Crippen LogP contribution in [0.25, 0.3) is 0 Å². The van der Waals surface area contributed by atoms with E-state index >= 15 is 0 Å². The molecule has 0 fully saturated rings. The number of aliphatic hydroxyl groups is 1. The maximum atomic E-state index is 10.7. The van der Waals surface area contributed by atoms with Crippen LogP contribution in [0.5, 0.6) is 5.75 Å². The molecule has 0 saturated heterocycles. The van der Waals surface area contributed by atoms with E-state index in [1.54, 1.807) is 24.3 Å². The fourth-order valence-corrected chi connectivity index (χ4v) is 1.08. The van der Waals surface area contributed by atoms with Crippen LogP contribution in [0, 0.1) is 5.92 Å². The lowest BCUT2D eigenvalue weighted by molar-refractivity contribution is 0.0696. The Balaban J connectivity index is 2.61. The van der Waals surface area contributed by atoms with Crippen LogP contribution >= 0.6 is 0 Å². The quantitative estimate of drug-likeness (QED) is 0.752. The number of benzene rings is 1. The smallest absolute Gasteiger partial charge is 0.153 e. The number of aldehydes is 1. The Morgan fingerprint density at radius 1 is 1.40 bits per heavy atom. The number of ether oxygens (including phenoxy) is 1. The van der Waals surface area contributed by atoms with Crippen molar-refractivity contribution in [2.45, 2.75) is 20.0 Å². The Hall–Kier alpha value is -1.35. The molecule has 0 aliphatic heterocycles. The summed E-state index contributed by atoms with van der Waals surface area (Å²) in [6, 6.07) is 6.97. The zero-order valence-electron chi connectivity index (χ0n) is 9.01. The fraction of sp³-hybridized carbons (Fsp3) is 0.417. The van der Waals surface area contributed by atoms with E-state index in [1.165, 1.54) is 0 Å². The van der Waals surface area contributed by atoms with Crippen molar-refractivity contribution in [3.63, 3.8) is 0 Å². The van der Waals surface area contributed by atoms with Crippen molar-refractivity contribution < 1.29 is 14.6 Å². The first-order valence-corrected chi connectivity index (χ1v) is 5.00. The van der Waals surface area contributed by atoms with Gasteiger partial charge in [0.25, 0.3) is 0 Å². The number of para-hydroxylation sites is 1. The molecule has 0 aliphatic carbocycles. The second-order valence-electron chi connectivity index (χ2n) is 3.78. The molecule has 0 unspecified atom stereocenters. The SMILES string of the molecule is CC(C)[C@H](O)COc1ccccc1C=O. The van der Waals surface area contributed by atoms with Gasteiger partial charge >= 0.3 is 0 Å². The Kier molecular flexibility index (Phi) is 4.31. The average Bonchev–Trinajstić information content (AvgIpc) is 2.26. The van der Waals surface area contributed by atoms with Crippen molar-refractivity contribution >= 4 is 6.29 Å². The third-order valence-corrected chi connectivity index (χ3v) is 2.23. The van der Waals surface area contributed by atoms with Gasteiger partial charge in [-0.2, -0.15) is 0 Å². The molecule has 15 heavy (non-hydrogen) atoms. The van der Waals surface area contributed by atoms with Gasteiger partial charge in [-0.1, -0.05) is 26.0 Å². The molecule has 1 aromatic carbocycles. The van der Waals surface area contributed by atoms with E-state index in [-0.39, 0.29) is 12.5 Å². The van der Waals surface area contributed by atoms with Gasteiger partial charge in [0.1, 0.15) is 12.4 Å². The van der Waals surface area contributed by atoms with Crippen LogP contribution in [0.1, 0.15) is 24.2 Å². The monoisotopic (exact) mass is 208 g/mol.